The number of nitrogens with zero attached hydrogens (tertiary/aromatic N) is 2. The molecule has 0 radical (unpaired) electrons. The van der Waals surface area contributed by atoms with Gasteiger partial charge in [-0.1, -0.05) is 12.1 Å². The molecular formula is C21H26N4O4. The van der Waals surface area contributed by atoms with E-state index in [1.807, 2.05) is 24.3 Å². The molecule has 2 fully saturated rings. The SMILES string of the molecule is COc1cccc(CC2(C(=O)NC3CCOCC3)CN(C(=O)c3cnc[nH]3)C2)c1. The molecule has 0 spiro atoms. The zero-order valence-corrected chi connectivity index (χ0v) is 16.5. The first kappa shape index (κ1) is 19.4. The highest BCUT2D eigenvalue weighted by molar-refractivity contribution is 5.95. The molecule has 0 atom stereocenters. The zero-order valence-electron chi connectivity index (χ0n) is 16.5. The van der Waals surface area contributed by atoms with Crippen LogP contribution in [0, 0.1) is 5.41 Å². The highest BCUT2D eigenvalue weighted by Gasteiger charge is 2.51. The number of benzene rings is 1. The molecule has 2 amide bonds. The first-order valence-corrected chi connectivity index (χ1v) is 9.89. The molecule has 8 heteroatoms. The summed E-state index contributed by atoms with van der Waals surface area (Å²) in [6.07, 6.45) is 5.17. The van der Waals surface area contributed by atoms with Crippen molar-refractivity contribution in [2.24, 2.45) is 5.41 Å². The highest BCUT2D eigenvalue weighted by atomic mass is 16.5. The number of H-pyrrole nitrogens is 1. The van der Waals surface area contributed by atoms with E-state index in [2.05, 4.69) is 15.3 Å². The van der Waals surface area contributed by atoms with E-state index in [-0.39, 0.29) is 17.9 Å². The molecule has 2 aliphatic heterocycles. The Morgan fingerprint density at radius 2 is 2.14 bits per heavy atom. The standard InChI is InChI=1S/C21H26N4O4/c1-28-17-4-2-3-15(9-17)10-21(20(27)24-16-5-7-29-8-6-16)12-25(13-21)19(26)18-11-22-14-23-18/h2-4,9,11,14,16H,5-8,10,12-13H2,1H3,(H,22,23)(H,24,27). The number of hydrogen-bond donors (Lipinski definition) is 2. The molecule has 29 heavy (non-hydrogen) atoms. The van der Waals surface area contributed by atoms with Crippen molar-refractivity contribution in [2.45, 2.75) is 25.3 Å². The van der Waals surface area contributed by atoms with Crippen LogP contribution in [0.5, 0.6) is 5.75 Å². The Morgan fingerprint density at radius 3 is 2.83 bits per heavy atom. The minimum absolute atomic E-state index is 0.000815. The first-order valence-electron chi connectivity index (χ1n) is 9.89. The van der Waals surface area contributed by atoms with E-state index in [4.69, 9.17) is 9.47 Å². The lowest BCUT2D eigenvalue weighted by molar-refractivity contribution is -0.140. The van der Waals surface area contributed by atoms with Crippen LogP contribution in [0.2, 0.25) is 0 Å². The molecule has 0 saturated carbocycles. The number of hydrogen-bond acceptors (Lipinski definition) is 5. The molecule has 3 heterocycles. The molecular weight excluding hydrogens is 372 g/mol. The van der Waals surface area contributed by atoms with Crippen molar-refractivity contribution in [1.82, 2.24) is 20.2 Å². The smallest absolute Gasteiger partial charge is 0.271 e. The van der Waals surface area contributed by atoms with Crippen molar-refractivity contribution in [3.63, 3.8) is 0 Å². The highest BCUT2D eigenvalue weighted by Crippen LogP contribution is 2.36. The first-order chi connectivity index (χ1) is 14.1. The lowest BCUT2D eigenvalue weighted by Crippen LogP contribution is -2.66. The molecule has 0 bridgehead atoms. The van der Waals surface area contributed by atoms with Crippen LogP contribution in [0.15, 0.2) is 36.8 Å². The third-order valence-electron chi connectivity index (χ3n) is 5.72. The summed E-state index contributed by atoms with van der Waals surface area (Å²) in [4.78, 5) is 34.4. The Kier molecular flexibility index (Phi) is 5.53. The quantitative estimate of drug-likeness (QED) is 0.767. The van der Waals surface area contributed by atoms with Gasteiger partial charge in [-0.25, -0.2) is 4.98 Å². The maximum absolute atomic E-state index is 13.3. The van der Waals surface area contributed by atoms with Crippen LogP contribution in [0.1, 0.15) is 28.9 Å². The van der Waals surface area contributed by atoms with E-state index in [0.29, 0.717) is 38.4 Å². The maximum Gasteiger partial charge on any atom is 0.271 e. The molecule has 2 aliphatic rings. The van der Waals surface area contributed by atoms with E-state index in [1.54, 1.807) is 12.0 Å². The fourth-order valence-electron chi connectivity index (χ4n) is 4.06. The van der Waals surface area contributed by atoms with E-state index < -0.39 is 5.41 Å². The van der Waals surface area contributed by atoms with E-state index >= 15 is 0 Å². The van der Waals surface area contributed by atoms with Gasteiger partial charge in [0.2, 0.25) is 5.91 Å². The molecule has 8 nitrogen and oxygen atoms in total. The molecule has 2 N–H and O–H groups in total. The van der Waals surface area contributed by atoms with Crippen LogP contribution in [-0.2, 0) is 16.0 Å². The van der Waals surface area contributed by atoms with Gasteiger partial charge in [-0.15, -0.1) is 0 Å². The van der Waals surface area contributed by atoms with Gasteiger partial charge in [-0.05, 0) is 37.0 Å². The van der Waals surface area contributed by atoms with Crippen LogP contribution >= 0.6 is 0 Å². The Morgan fingerprint density at radius 1 is 1.34 bits per heavy atom. The van der Waals surface area contributed by atoms with Crippen molar-refractivity contribution in [1.29, 1.82) is 0 Å². The van der Waals surface area contributed by atoms with E-state index in [9.17, 15) is 9.59 Å². The summed E-state index contributed by atoms with van der Waals surface area (Å²) >= 11 is 0. The summed E-state index contributed by atoms with van der Waals surface area (Å²) in [5.41, 5.74) is 0.797. The van der Waals surface area contributed by atoms with Crippen molar-refractivity contribution < 1.29 is 19.1 Å². The average Bonchev–Trinajstić information content (AvgIpc) is 3.25. The largest absolute Gasteiger partial charge is 0.497 e. The summed E-state index contributed by atoms with van der Waals surface area (Å²) in [5.74, 6) is 0.621. The Hall–Kier alpha value is -2.87. The average molecular weight is 398 g/mol. The summed E-state index contributed by atoms with van der Waals surface area (Å²) in [6, 6.07) is 7.86. The van der Waals surface area contributed by atoms with Crippen LogP contribution in [0.3, 0.4) is 0 Å². The van der Waals surface area contributed by atoms with Crippen LogP contribution < -0.4 is 10.1 Å². The number of aromatic amines is 1. The minimum atomic E-state index is -0.652. The lowest BCUT2D eigenvalue weighted by Gasteiger charge is -2.49. The molecule has 154 valence electrons. The molecule has 2 aromatic rings. The molecule has 4 rings (SSSR count). The second-order valence-electron chi connectivity index (χ2n) is 7.80. The third kappa shape index (κ3) is 4.12. The number of aromatic nitrogens is 2. The number of rotatable bonds is 6. The van der Waals surface area contributed by atoms with Gasteiger partial charge >= 0.3 is 0 Å². The van der Waals surface area contributed by atoms with Crippen molar-refractivity contribution in [3.05, 3.63) is 48.0 Å². The summed E-state index contributed by atoms with van der Waals surface area (Å²) in [7, 11) is 1.63. The zero-order chi connectivity index (χ0) is 20.3. The van der Waals surface area contributed by atoms with Gasteiger partial charge in [0, 0.05) is 32.3 Å². The molecule has 1 aromatic heterocycles. The molecule has 2 saturated heterocycles. The third-order valence-corrected chi connectivity index (χ3v) is 5.72. The van der Waals surface area contributed by atoms with Gasteiger partial charge in [0.1, 0.15) is 11.4 Å². The predicted octanol–water partition coefficient (Wildman–Crippen LogP) is 1.40. The minimum Gasteiger partial charge on any atom is -0.497 e. The fourth-order valence-corrected chi connectivity index (χ4v) is 4.06. The number of carbonyl (C=O) groups is 2. The predicted molar refractivity (Wildman–Crippen MR) is 106 cm³/mol. The number of nitrogens with one attached hydrogen (secondary N) is 2. The molecule has 0 aliphatic carbocycles. The molecule has 0 unspecified atom stereocenters. The second kappa shape index (κ2) is 8.24. The maximum atomic E-state index is 13.3. The van der Waals surface area contributed by atoms with Crippen LogP contribution in [0.4, 0.5) is 0 Å². The number of methoxy groups -OCH3 is 1. The number of imidazole rings is 1. The van der Waals surface area contributed by atoms with Gasteiger partial charge in [0.25, 0.3) is 5.91 Å². The van der Waals surface area contributed by atoms with Crippen molar-refractivity contribution >= 4 is 11.8 Å². The van der Waals surface area contributed by atoms with Crippen molar-refractivity contribution in [2.75, 3.05) is 33.4 Å². The van der Waals surface area contributed by atoms with Gasteiger partial charge < -0.3 is 24.7 Å². The van der Waals surface area contributed by atoms with Gasteiger partial charge in [0.15, 0.2) is 0 Å². The molecule has 1 aromatic carbocycles. The topological polar surface area (TPSA) is 96.6 Å². The normalized spacial score (nSPS) is 18.7. The fraction of sp³-hybridized carbons (Fsp3) is 0.476. The Balaban J connectivity index is 1.51. The number of carbonyl (C=O) groups excluding carboxylic acids is 2. The van der Waals surface area contributed by atoms with E-state index in [1.165, 1.54) is 12.5 Å². The summed E-state index contributed by atoms with van der Waals surface area (Å²) < 4.78 is 10.7. The van der Waals surface area contributed by atoms with Crippen LogP contribution in [0.25, 0.3) is 0 Å². The second-order valence-corrected chi connectivity index (χ2v) is 7.80. The van der Waals surface area contributed by atoms with Crippen molar-refractivity contribution in [3.8, 4) is 5.75 Å². The van der Waals surface area contributed by atoms with Gasteiger partial charge in [-0.3, -0.25) is 9.59 Å². The summed E-state index contributed by atoms with van der Waals surface area (Å²) in [6.45, 7) is 2.07. The Bertz CT molecular complexity index is 855. The lowest BCUT2D eigenvalue weighted by atomic mass is 9.73. The number of amides is 2. The van der Waals surface area contributed by atoms with Gasteiger partial charge in [0.05, 0.1) is 25.0 Å². The number of ether oxygens (including phenoxy) is 2. The van der Waals surface area contributed by atoms with Crippen LogP contribution in [-0.4, -0.2) is 66.1 Å². The summed E-state index contributed by atoms with van der Waals surface area (Å²) in [5, 5.41) is 3.20. The van der Waals surface area contributed by atoms with E-state index in [0.717, 1.165) is 24.2 Å². The number of likely N-dealkylation sites (tertiary alicyclic amines) is 1. The van der Waals surface area contributed by atoms with Gasteiger partial charge in [-0.2, -0.15) is 0 Å². The Labute approximate surface area is 169 Å². The monoisotopic (exact) mass is 398 g/mol.